The predicted octanol–water partition coefficient (Wildman–Crippen LogP) is -0.0996. The van der Waals surface area contributed by atoms with Crippen molar-refractivity contribution < 1.29 is 4.79 Å². The topological polar surface area (TPSA) is 76.2 Å². The molecular weight excluding hydrogens is 262 g/mol. The van der Waals surface area contributed by atoms with E-state index in [9.17, 15) is 4.79 Å². The summed E-state index contributed by atoms with van der Waals surface area (Å²) >= 11 is 5.17. The molecule has 1 aliphatic rings. The number of nitrogens with zero attached hydrogens (tertiary/aromatic N) is 3. The van der Waals surface area contributed by atoms with Gasteiger partial charge in [-0.25, -0.2) is 4.98 Å². The van der Waals surface area contributed by atoms with E-state index in [1.165, 1.54) is 6.20 Å². The molecule has 6 nitrogen and oxygen atoms in total. The molecule has 2 heterocycles. The first-order chi connectivity index (χ1) is 8.94. The van der Waals surface area contributed by atoms with Crippen LogP contribution >= 0.6 is 12.2 Å². The molecule has 2 rings (SSSR count). The zero-order valence-corrected chi connectivity index (χ0v) is 12.0. The number of hydrogen-bond donors (Lipinski definition) is 2. The van der Waals surface area contributed by atoms with Crippen LogP contribution in [0.4, 0.5) is 0 Å². The smallest absolute Gasteiger partial charge is 0.270 e. The van der Waals surface area contributed by atoms with Crippen LogP contribution in [0.15, 0.2) is 12.5 Å². The normalized spacial score (nSPS) is 19.1. The molecule has 1 aromatic heterocycles. The van der Waals surface area contributed by atoms with Crippen LogP contribution in [0, 0.1) is 0 Å². The van der Waals surface area contributed by atoms with Crippen molar-refractivity contribution in [2.45, 2.75) is 18.4 Å². The Bertz CT molecular complexity index is 490. The molecule has 0 unspecified atom stereocenters. The molecule has 19 heavy (non-hydrogen) atoms. The van der Waals surface area contributed by atoms with Gasteiger partial charge in [0.25, 0.3) is 5.91 Å². The van der Waals surface area contributed by atoms with Crippen molar-refractivity contribution in [3.05, 3.63) is 18.2 Å². The molecule has 0 saturated carbocycles. The summed E-state index contributed by atoms with van der Waals surface area (Å²) in [6.07, 6.45) is 4.61. The molecule has 0 bridgehead atoms. The first-order valence-corrected chi connectivity index (χ1v) is 6.63. The summed E-state index contributed by atoms with van der Waals surface area (Å²) in [5.74, 6) is -0.183. The molecule has 1 aliphatic heterocycles. The number of aromatic nitrogens is 2. The van der Waals surface area contributed by atoms with Gasteiger partial charge in [0.2, 0.25) is 0 Å². The highest BCUT2D eigenvalue weighted by Crippen LogP contribution is 2.22. The van der Waals surface area contributed by atoms with Crippen LogP contribution in [0.1, 0.15) is 23.3 Å². The number of nitrogens with two attached hydrogens (primary N) is 1. The fraction of sp³-hybridized carbons (Fsp3) is 0.583. The Labute approximate surface area is 118 Å². The number of rotatable bonds is 3. The molecule has 0 radical (unpaired) electrons. The lowest BCUT2D eigenvalue weighted by atomic mass is 9.87. The highest BCUT2D eigenvalue weighted by atomic mass is 32.1. The van der Waals surface area contributed by atoms with Gasteiger partial charge in [-0.3, -0.25) is 4.79 Å². The lowest BCUT2D eigenvalue weighted by Crippen LogP contribution is -2.61. The Hall–Kier alpha value is -1.47. The Kier molecular flexibility index (Phi) is 3.86. The quantitative estimate of drug-likeness (QED) is 0.757. The molecule has 1 aromatic rings. The summed E-state index contributed by atoms with van der Waals surface area (Å²) in [7, 11) is 3.83. The van der Waals surface area contributed by atoms with E-state index >= 15 is 0 Å². The zero-order valence-electron chi connectivity index (χ0n) is 11.2. The first-order valence-electron chi connectivity index (χ1n) is 6.22. The van der Waals surface area contributed by atoms with Gasteiger partial charge in [-0.15, -0.1) is 0 Å². The molecule has 7 heteroatoms. The summed E-state index contributed by atoms with van der Waals surface area (Å²) in [5.41, 5.74) is 5.79. The number of amides is 1. The summed E-state index contributed by atoms with van der Waals surface area (Å²) in [6.45, 7) is 1.73. The van der Waals surface area contributed by atoms with Gasteiger partial charge in [0.15, 0.2) is 0 Å². The number of likely N-dealkylation sites (tertiary alicyclic amines) is 1. The SMILES string of the molecule is CN1CCC(NC(=O)c2cncn2C)(C(N)=S)CC1. The fourth-order valence-corrected chi connectivity index (χ4v) is 2.55. The van der Waals surface area contributed by atoms with E-state index in [-0.39, 0.29) is 5.91 Å². The van der Waals surface area contributed by atoms with Crippen molar-refractivity contribution in [2.75, 3.05) is 20.1 Å². The van der Waals surface area contributed by atoms with Gasteiger partial charge in [-0.1, -0.05) is 12.2 Å². The molecule has 3 N–H and O–H groups in total. The lowest BCUT2D eigenvalue weighted by Gasteiger charge is -2.40. The number of thiocarbonyl (C=S) groups is 1. The largest absolute Gasteiger partial charge is 0.391 e. The maximum atomic E-state index is 12.3. The number of hydrogen-bond acceptors (Lipinski definition) is 4. The van der Waals surface area contributed by atoms with Crippen molar-refractivity contribution in [2.24, 2.45) is 12.8 Å². The van der Waals surface area contributed by atoms with E-state index in [4.69, 9.17) is 18.0 Å². The summed E-state index contributed by atoms with van der Waals surface area (Å²) in [5, 5.41) is 3.00. The highest BCUT2D eigenvalue weighted by molar-refractivity contribution is 7.80. The third-order valence-electron chi connectivity index (χ3n) is 3.71. The number of piperidine rings is 1. The Balaban J connectivity index is 2.16. The van der Waals surface area contributed by atoms with Crippen molar-refractivity contribution in [3.63, 3.8) is 0 Å². The number of carbonyl (C=O) groups excluding carboxylic acids is 1. The molecule has 1 fully saturated rings. The molecule has 0 atom stereocenters. The van der Waals surface area contributed by atoms with Gasteiger partial charge in [-0.2, -0.15) is 0 Å². The van der Waals surface area contributed by atoms with Crippen LogP contribution in [-0.4, -0.2) is 51.0 Å². The molecule has 0 aromatic carbocycles. The van der Waals surface area contributed by atoms with Gasteiger partial charge >= 0.3 is 0 Å². The van der Waals surface area contributed by atoms with Crippen LogP contribution < -0.4 is 11.1 Å². The number of carbonyl (C=O) groups is 1. The fourth-order valence-electron chi connectivity index (χ4n) is 2.29. The molecule has 1 saturated heterocycles. The minimum atomic E-state index is -0.580. The third kappa shape index (κ3) is 2.76. The molecule has 0 spiro atoms. The monoisotopic (exact) mass is 281 g/mol. The summed E-state index contributed by atoms with van der Waals surface area (Å²) < 4.78 is 1.68. The van der Waals surface area contributed by atoms with Crippen molar-refractivity contribution in [1.29, 1.82) is 0 Å². The number of imidazole rings is 1. The predicted molar refractivity (Wildman–Crippen MR) is 76.9 cm³/mol. The number of nitrogens with one attached hydrogen (secondary N) is 1. The molecule has 1 amide bonds. The summed E-state index contributed by atoms with van der Waals surface area (Å²) in [4.78, 5) is 18.8. The lowest BCUT2D eigenvalue weighted by molar-refractivity contribution is 0.0882. The van der Waals surface area contributed by atoms with Crippen molar-refractivity contribution in [3.8, 4) is 0 Å². The van der Waals surface area contributed by atoms with E-state index in [1.54, 1.807) is 17.9 Å². The third-order valence-corrected chi connectivity index (χ3v) is 4.11. The van der Waals surface area contributed by atoms with Crippen molar-refractivity contribution >= 4 is 23.1 Å². The summed E-state index contributed by atoms with van der Waals surface area (Å²) in [6, 6.07) is 0. The Morgan fingerprint density at radius 3 is 2.58 bits per heavy atom. The van der Waals surface area contributed by atoms with E-state index in [0.29, 0.717) is 10.7 Å². The average Bonchev–Trinajstić information content (AvgIpc) is 2.78. The zero-order chi connectivity index (χ0) is 14.0. The van der Waals surface area contributed by atoms with E-state index in [2.05, 4.69) is 15.2 Å². The van der Waals surface area contributed by atoms with Crippen LogP contribution in [-0.2, 0) is 7.05 Å². The first kappa shape index (κ1) is 14.0. The van der Waals surface area contributed by atoms with Crippen LogP contribution in [0.3, 0.4) is 0 Å². The Morgan fingerprint density at radius 2 is 2.11 bits per heavy atom. The van der Waals surface area contributed by atoms with E-state index < -0.39 is 5.54 Å². The second kappa shape index (κ2) is 5.26. The maximum Gasteiger partial charge on any atom is 0.270 e. The van der Waals surface area contributed by atoms with Gasteiger partial charge in [-0.05, 0) is 19.9 Å². The van der Waals surface area contributed by atoms with Gasteiger partial charge in [0.05, 0.1) is 23.1 Å². The standard InChI is InChI=1S/C12H19N5OS/c1-16-5-3-12(4-6-16,11(13)19)15-10(18)9-7-14-8-17(9)2/h7-8H,3-6H2,1-2H3,(H2,13,19)(H,15,18). The maximum absolute atomic E-state index is 12.3. The van der Waals surface area contributed by atoms with Gasteiger partial charge < -0.3 is 20.5 Å². The average molecular weight is 281 g/mol. The molecule has 0 aliphatic carbocycles. The van der Waals surface area contributed by atoms with Gasteiger partial charge in [0.1, 0.15) is 5.69 Å². The molecular formula is C12H19N5OS. The molecule has 104 valence electrons. The Morgan fingerprint density at radius 1 is 1.47 bits per heavy atom. The van der Waals surface area contributed by atoms with Crippen LogP contribution in [0.25, 0.3) is 0 Å². The highest BCUT2D eigenvalue weighted by Gasteiger charge is 2.38. The van der Waals surface area contributed by atoms with E-state index in [1.807, 2.05) is 7.05 Å². The van der Waals surface area contributed by atoms with Crippen molar-refractivity contribution in [1.82, 2.24) is 19.8 Å². The van der Waals surface area contributed by atoms with E-state index in [0.717, 1.165) is 25.9 Å². The van der Waals surface area contributed by atoms with Crippen LogP contribution in [0.2, 0.25) is 0 Å². The second-order valence-electron chi connectivity index (χ2n) is 5.09. The minimum absolute atomic E-state index is 0.183. The minimum Gasteiger partial charge on any atom is -0.391 e. The van der Waals surface area contributed by atoms with Crippen LogP contribution in [0.5, 0.6) is 0 Å². The number of aryl methyl sites for hydroxylation is 1. The van der Waals surface area contributed by atoms with Gasteiger partial charge in [0, 0.05) is 20.1 Å². The second-order valence-corrected chi connectivity index (χ2v) is 5.53.